The third kappa shape index (κ3) is 3.73. The van der Waals surface area contributed by atoms with Crippen molar-refractivity contribution < 1.29 is 4.74 Å². The molecule has 0 saturated carbocycles. The standard InChI is InChI=1S/C19H19N3OS/c1-14-12-24-19-17(14)18(21-13-22-19)20-10-6-5-8-15-7-3-4-9-16(15)11-23-2/h3-4,7,9,12-13H,6,10-11H2,1-2H3,(H,20,21,22). The summed E-state index contributed by atoms with van der Waals surface area (Å²) in [5.41, 5.74) is 3.35. The maximum atomic E-state index is 5.20. The molecule has 3 aromatic rings. The summed E-state index contributed by atoms with van der Waals surface area (Å²) < 4.78 is 5.20. The first kappa shape index (κ1) is 16.4. The monoisotopic (exact) mass is 337 g/mol. The largest absolute Gasteiger partial charge is 0.380 e. The number of anilines is 1. The molecule has 0 amide bonds. The maximum Gasteiger partial charge on any atom is 0.138 e. The summed E-state index contributed by atoms with van der Waals surface area (Å²) in [7, 11) is 1.70. The zero-order valence-electron chi connectivity index (χ0n) is 13.8. The van der Waals surface area contributed by atoms with Crippen LogP contribution < -0.4 is 5.32 Å². The molecule has 0 atom stereocenters. The van der Waals surface area contributed by atoms with Gasteiger partial charge in [0.1, 0.15) is 17.0 Å². The van der Waals surface area contributed by atoms with E-state index in [1.165, 1.54) is 5.56 Å². The molecule has 2 heterocycles. The number of fused-ring (bicyclic) bond motifs is 1. The fourth-order valence-corrected chi connectivity index (χ4v) is 3.37. The first-order valence-electron chi connectivity index (χ1n) is 7.78. The number of hydrogen-bond acceptors (Lipinski definition) is 5. The van der Waals surface area contributed by atoms with Crippen molar-refractivity contribution in [3.8, 4) is 11.8 Å². The number of rotatable bonds is 5. The third-order valence-corrected chi connectivity index (χ3v) is 4.64. The van der Waals surface area contributed by atoms with E-state index in [1.54, 1.807) is 24.8 Å². The second-order valence-corrected chi connectivity index (χ2v) is 6.25. The molecule has 5 heteroatoms. The lowest BCUT2D eigenvalue weighted by Crippen LogP contribution is -2.03. The average Bonchev–Trinajstić information content (AvgIpc) is 2.98. The van der Waals surface area contributed by atoms with Crippen LogP contribution in [0.3, 0.4) is 0 Å². The van der Waals surface area contributed by atoms with Crippen molar-refractivity contribution in [2.45, 2.75) is 20.0 Å². The molecule has 122 valence electrons. The zero-order valence-corrected chi connectivity index (χ0v) is 14.6. The summed E-state index contributed by atoms with van der Waals surface area (Å²) in [6.45, 7) is 3.42. The summed E-state index contributed by atoms with van der Waals surface area (Å²) in [4.78, 5) is 9.67. The summed E-state index contributed by atoms with van der Waals surface area (Å²) in [6, 6.07) is 8.07. The van der Waals surface area contributed by atoms with Crippen LogP contribution in [0.15, 0.2) is 36.0 Å². The first-order valence-corrected chi connectivity index (χ1v) is 8.66. The molecule has 0 saturated heterocycles. The van der Waals surface area contributed by atoms with Gasteiger partial charge in [-0.15, -0.1) is 11.3 Å². The average molecular weight is 337 g/mol. The van der Waals surface area contributed by atoms with Gasteiger partial charge in [0.15, 0.2) is 0 Å². The molecule has 1 N–H and O–H groups in total. The fraction of sp³-hybridized carbons (Fsp3) is 0.263. The van der Waals surface area contributed by atoms with Gasteiger partial charge in [-0.1, -0.05) is 30.0 Å². The quantitative estimate of drug-likeness (QED) is 0.565. The van der Waals surface area contributed by atoms with Crippen molar-refractivity contribution in [1.82, 2.24) is 9.97 Å². The van der Waals surface area contributed by atoms with Crippen LogP contribution in [-0.2, 0) is 11.3 Å². The molecule has 0 radical (unpaired) electrons. The lowest BCUT2D eigenvalue weighted by molar-refractivity contribution is 0.184. The van der Waals surface area contributed by atoms with Crippen molar-refractivity contribution in [3.05, 3.63) is 52.7 Å². The van der Waals surface area contributed by atoms with E-state index in [9.17, 15) is 0 Å². The summed E-state index contributed by atoms with van der Waals surface area (Å²) in [6.07, 6.45) is 2.35. The molecule has 24 heavy (non-hydrogen) atoms. The number of aryl methyl sites for hydroxylation is 1. The number of nitrogens with zero attached hydrogens (tertiary/aromatic N) is 2. The van der Waals surface area contributed by atoms with Crippen LogP contribution in [0, 0.1) is 18.8 Å². The highest BCUT2D eigenvalue weighted by atomic mass is 32.1. The van der Waals surface area contributed by atoms with Crippen molar-refractivity contribution >= 4 is 27.4 Å². The van der Waals surface area contributed by atoms with Crippen LogP contribution in [0.5, 0.6) is 0 Å². The van der Waals surface area contributed by atoms with Gasteiger partial charge in [-0.2, -0.15) is 0 Å². The molecule has 0 fully saturated rings. The summed E-state index contributed by atoms with van der Waals surface area (Å²) in [5.74, 6) is 7.33. The van der Waals surface area contributed by atoms with E-state index in [2.05, 4.69) is 39.4 Å². The molecule has 0 unspecified atom stereocenters. The first-order chi connectivity index (χ1) is 11.8. The number of benzene rings is 1. The number of hydrogen-bond donors (Lipinski definition) is 1. The van der Waals surface area contributed by atoms with Gasteiger partial charge >= 0.3 is 0 Å². The SMILES string of the molecule is COCc1ccccc1C#CCCNc1ncnc2scc(C)c12. The topological polar surface area (TPSA) is 47.0 Å². The molecule has 4 nitrogen and oxygen atoms in total. The molecule has 3 rings (SSSR count). The van der Waals surface area contributed by atoms with Gasteiger partial charge in [0.25, 0.3) is 0 Å². The highest BCUT2D eigenvalue weighted by Gasteiger charge is 2.07. The summed E-state index contributed by atoms with van der Waals surface area (Å²) >= 11 is 1.64. The Morgan fingerprint density at radius 2 is 2.12 bits per heavy atom. The van der Waals surface area contributed by atoms with Crippen LogP contribution in [0.4, 0.5) is 5.82 Å². The lowest BCUT2D eigenvalue weighted by atomic mass is 10.1. The van der Waals surface area contributed by atoms with Gasteiger partial charge in [-0.3, -0.25) is 0 Å². The smallest absolute Gasteiger partial charge is 0.138 e. The van der Waals surface area contributed by atoms with Crippen molar-refractivity contribution in [2.75, 3.05) is 19.0 Å². The van der Waals surface area contributed by atoms with E-state index in [-0.39, 0.29) is 0 Å². The number of aromatic nitrogens is 2. The molecule has 1 aromatic carbocycles. The van der Waals surface area contributed by atoms with Gasteiger partial charge < -0.3 is 10.1 Å². The van der Waals surface area contributed by atoms with E-state index < -0.39 is 0 Å². The van der Waals surface area contributed by atoms with Gasteiger partial charge in [0, 0.05) is 25.6 Å². The molecular weight excluding hydrogens is 318 g/mol. The van der Waals surface area contributed by atoms with E-state index in [0.717, 1.165) is 40.1 Å². The Balaban J connectivity index is 1.63. The van der Waals surface area contributed by atoms with E-state index in [4.69, 9.17) is 4.74 Å². The minimum Gasteiger partial charge on any atom is -0.380 e. The van der Waals surface area contributed by atoms with Gasteiger partial charge in [-0.05, 0) is 29.5 Å². The Hall–Kier alpha value is -2.42. The molecule has 0 aliphatic rings. The van der Waals surface area contributed by atoms with Crippen molar-refractivity contribution in [1.29, 1.82) is 0 Å². The fourth-order valence-electron chi connectivity index (χ4n) is 2.48. The van der Waals surface area contributed by atoms with E-state index in [1.807, 2.05) is 24.3 Å². The number of ether oxygens (including phenoxy) is 1. The van der Waals surface area contributed by atoms with Crippen LogP contribution in [0.2, 0.25) is 0 Å². The number of nitrogens with one attached hydrogen (secondary N) is 1. The lowest BCUT2D eigenvalue weighted by Gasteiger charge is -2.05. The molecule has 0 spiro atoms. The molecule has 2 aromatic heterocycles. The Kier molecular flexibility index (Phi) is 5.42. The molecule has 0 bridgehead atoms. The highest BCUT2D eigenvalue weighted by molar-refractivity contribution is 7.17. The van der Waals surface area contributed by atoms with Crippen molar-refractivity contribution in [3.63, 3.8) is 0 Å². The van der Waals surface area contributed by atoms with Crippen LogP contribution in [0.25, 0.3) is 10.2 Å². The third-order valence-electron chi connectivity index (χ3n) is 3.64. The minimum absolute atomic E-state index is 0.583. The van der Waals surface area contributed by atoms with Gasteiger partial charge in [0.2, 0.25) is 0 Å². The Morgan fingerprint density at radius 1 is 1.25 bits per heavy atom. The van der Waals surface area contributed by atoms with Gasteiger partial charge in [-0.25, -0.2) is 9.97 Å². The zero-order chi connectivity index (χ0) is 16.8. The van der Waals surface area contributed by atoms with Crippen molar-refractivity contribution in [2.24, 2.45) is 0 Å². The normalized spacial score (nSPS) is 10.4. The predicted molar refractivity (Wildman–Crippen MR) is 99.3 cm³/mol. The van der Waals surface area contributed by atoms with Crippen LogP contribution >= 0.6 is 11.3 Å². The number of thiophene rings is 1. The van der Waals surface area contributed by atoms with Crippen LogP contribution in [0.1, 0.15) is 23.1 Å². The number of methoxy groups -OCH3 is 1. The Bertz CT molecular complexity index is 892. The van der Waals surface area contributed by atoms with Gasteiger partial charge in [0.05, 0.1) is 12.0 Å². The second-order valence-electron chi connectivity index (χ2n) is 5.39. The maximum absolute atomic E-state index is 5.20. The molecule has 0 aliphatic heterocycles. The Morgan fingerprint density at radius 3 is 3.00 bits per heavy atom. The molecule has 0 aliphatic carbocycles. The second kappa shape index (κ2) is 7.91. The van der Waals surface area contributed by atoms with E-state index >= 15 is 0 Å². The predicted octanol–water partition coefficient (Wildman–Crippen LogP) is 4.00. The molecular formula is C19H19N3OS. The van der Waals surface area contributed by atoms with E-state index in [0.29, 0.717) is 6.61 Å². The minimum atomic E-state index is 0.583. The highest BCUT2D eigenvalue weighted by Crippen LogP contribution is 2.28. The van der Waals surface area contributed by atoms with Crippen LogP contribution in [-0.4, -0.2) is 23.6 Å². The Labute approximate surface area is 145 Å². The summed E-state index contributed by atoms with van der Waals surface area (Å²) in [5, 5.41) is 6.59.